The highest BCUT2D eigenvalue weighted by Crippen LogP contribution is 2.28. The van der Waals surface area contributed by atoms with Crippen molar-refractivity contribution in [2.75, 3.05) is 11.4 Å². The average molecular weight is 432 g/mol. The highest BCUT2D eigenvalue weighted by atomic mass is 35.5. The van der Waals surface area contributed by atoms with Gasteiger partial charge in [0.1, 0.15) is 5.75 Å². The molecule has 0 saturated heterocycles. The molecule has 0 unspecified atom stereocenters. The third-order valence-corrected chi connectivity index (χ3v) is 6.62. The number of rotatable bonds is 6. The number of para-hydroxylation sites is 1. The van der Waals surface area contributed by atoms with Crippen LogP contribution in [0.1, 0.15) is 23.7 Å². The molecule has 0 atom stereocenters. The maximum absolute atomic E-state index is 12.6. The van der Waals surface area contributed by atoms with Crippen molar-refractivity contribution in [2.24, 2.45) is 0 Å². The molecule has 4 rings (SSSR count). The van der Waals surface area contributed by atoms with Crippen LogP contribution in [0.2, 0.25) is 5.02 Å². The van der Waals surface area contributed by atoms with Crippen molar-refractivity contribution >= 4 is 33.0 Å². The van der Waals surface area contributed by atoms with Gasteiger partial charge in [0, 0.05) is 30.1 Å². The Morgan fingerprint density at radius 3 is 2.69 bits per heavy atom. The van der Waals surface area contributed by atoms with Gasteiger partial charge in [-0.15, -0.1) is 0 Å². The Labute approximate surface area is 173 Å². The molecule has 7 nitrogen and oxygen atoms in total. The maximum Gasteiger partial charge on any atom is 0.227 e. The molecule has 1 aliphatic heterocycles. The topological polar surface area (TPSA) is 93.4 Å². The van der Waals surface area contributed by atoms with E-state index < -0.39 is 9.84 Å². The molecule has 2 heterocycles. The molecule has 0 N–H and O–H groups in total. The van der Waals surface area contributed by atoms with Crippen LogP contribution in [-0.4, -0.2) is 31.0 Å². The van der Waals surface area contributed by atoms with Crippen LogP contribution in [0.25, 0.3) is 0 Å². The second-order valence-electron chi connectivity index (χ2n) is 6.74. The molecule has 29 heavy (non-hydrogen) atoms. The van der Waals surface area contributed by atoms with Crippen molar-refractivity contribution < 1.29 is 17.7 Å². The molecule has 1 amide bonds. The van der Waals surface area contributed by atoms with E-state index in [1.807, 2.05) is 24.3 Å². The fourth-order valence-corrected chi connectivity index (χ4v) is 4.59. The van der Waals surface area contributed by atoms with Crippen LogP contribution in [0, 0.1) is 0 Å². The smallest absolute Gasteiger partial charge is 0.227 e. The molecule has 0 bridgehead atoms. The predicted octanol–water partition coefficient (Wildman–Crippen LogP) is 3.22. The SMILES string of the molecule is O=C(CCc1nc(CS(=O)(=O)c2ccc(Cl)cc2)no1)N1CCc2ccccc21. The van der Waals surface area contributed by atoms with E-state index in [1.165, 1.54) is 24.3 Å². The molecule has 0 aliphatic carbocycles. The van der Waals surface area contributed by atoms with Crippen LogP contribution in [0.15, 0.2) is 57.9 Å². The van der Waals surface area contributed by atoms with Crippen molar-refractivity contribution in [3.8, 4) is 0 Å². The molecule has 2 aromatic carbocycles. The quantitative estimate of drug-likeness (QED) is 0.594. The summed E-state index contributed by atoms with van der Waals surface area (Å²) in [4.78, 5) is 18.6. The first-order chi connectivity index (χ1) is 13.9. The van der Waals surface area contributed by atoms with Crippen LogP contribution < -0.4 is 4.90 Å². The van der Waals surface area contributed by atoms with Crippen LogP contribution in [0.3, 0.4) is 0 Å². The van der Waals surface area contributed by atoms with Crippen molar-refractivity contribution in [2.45, 2.75) is 29.9 Å². The predicted molar refractivity (Wildman–Crippen MR) is 107 cm³/mol. The van der Waals surface area contributed by atoms with Gasteiger partial charge < -0.3 is 9.42 Å². The van der Waals surface area contributed by atoms with Gasteiger partial charge in [-0.05, 0) is 42.3 Å². The number of sulfone groups is 1. The number of hydrogen-bond acceptors (Lipinski definition) is 6. The Bertz CT molecular complexity index is 1140. The third-order valence-electron chi connectivity index (χ3n) is 4.74. The van der Waals surface area contributed by atoms with E-state index in [0.717, 1.165) is 17.7 Å². The zero-order chi connectivity index (χ0) is 20.4. The van der Waals surface area contributed by atoms with Crippen molar-refractivity contribution in [3.05, 3.63) is 70.8 Å². The van der Waals surface area contributed by atoms with Gasteiger partial charge in [-0.3, -0.25) is 4.79 Å². The highest BCUT2D eigenvalue weighted by molar-refractivity contribution is 7.90. The van der Waals surface area contributed by atoms with Gasteiger partial charge in [0.05, 0.1) is 4.90 Å². The van der Waals surface area contributed by atoms with Gasteiger partial charge in [0.15, 0.2) is 15.7 Å². The molecule has 0 saturated carbocycles. The Morgan fingerprint density at radius 2 is 1.90 bits per heavy atom. The molecule has 150 valence electrons. The summed E-state index contributed by atoms with van der Waals surface area (Å²) in [5, 5.41) is 4.19. The molecule has 1 aromatic heterocycles. The third kappa shape index (κ3) is 4.33. The Balaban J connectivity index is 1.37. The minimum absolute atomic E-state index is 0.0246. The largest absolute Gasteiger partial charge is 0.339 e. The molecular formula is C20H18ClN3O4S. The minimum atomic E-state index is -3.61. The Hall–Kier alpha value is -2.71. The van der Waals surface area contributed by atoms with E-state index in [-0.39, 0.29) is 41.1 Å². The van der Waals surface area contributed by atoms with E-state index in [1.54, 1.807) is 4.90 Å². The monoisotopic (exact) mass is 431 g/mol. The summed E-state index contributed by atoms with van der Waals surface area (Å²) in [6, 6.07) is 13.7. The first-order valence-corrected chi connectivity index (χ1v) is 11.1. The molecule has 3 aromatic rings. The molecule has 9 heteroatoms. The highest BCUT2D eigenvalue weighted by Gasteiger charge is 2.25. The van der Waals surface area contributed by atoms with Gasteiger partial charge in [-0.1, -0.05) is 35.0 Å². The molecule has 0 spiro atoms. The average Bonchev–Trinajstić information content (AvgIpc) is 3.33. The van der Waals surface area contributed by atoms with Gasteiger partial charge in [0.2, 0.25) is 11.8 Å². The van der Waals surface area contributed by atoms with E-state index in [2.05, 4.69) is 10.1 Å². The summed E-state index contributed by atoms with van der Waals surface area (Å²) in [6.07, 6.45) is 1.31. The van der Waals surface area contributed by atoms with E-state index >= 15 is 0 Å². The number of carbonyl (C=O) groups excluding carboxylic acids is 1. The van der Waals surface area contributed by atoms with Crippen LogP contribution in [0.5, 0.6) is 0 Å². The Kier molecular flexibility index (Phi) is 5.38. The molecule has 0 fully saturated rings. The lowest BCUT2D eigenvalue weighted by Crippen LogP contribution is -2.29. The summed E-state index contributed by atoms with van der Waals surface area (Å²) in [6.45, 7) is 0.659. The second-order valence-corrected chi connectivity index (χ2v) is 9.17. The normalized spacial score (nSPS) is 13.5. The summed E-state index contributed by atoms with van der Waals surface area (Å²) in [5.74, 6) is -0.101. The van der Waals surface area contributed by atoms with Crippen LogP contribution in [0.4, 0.5) is 5.69 Å². The number of aromatic nitrogens is 2. The van der Waals surface area contributed by atoms with E-state index in [9.17, 15) is 13.2 Å². The number of nitrogens with zero attached hydrogens (tertiary/aromatic N) is 3. The lowest BCUT2D eigenvalue weighted by atomic mass is 10.2. The summed E-state index contributed by atoms with van der Waals surface area (Å²) in [7, 11) is -3.61. The number of anilines is 1. The number of benzene rings is 2. The van der Waals surface area contributed by atoms with Crippen molar-refractivity contribution in [3.63, 3.8) is 0 Å². The minimum Gasteiger partial charge on any atom is -0.339 e. The van der Waals surface area contributed by atoms with Crippen LogP contribution >= 0.6 is 11.6 Å². The fourth-order valence-electron chi connectivity index (χ4n) is 3.29. The van der Waals surface area contributed by atoms with Gasteiger partial charge in [-0.2, -0.15) is 4.98 Å². The van der Waals surface area contributed by atoms with Gasteiger partial charge >= 0.3 is 0 Å². The first kappa shape index (κ1) is 19.6. The van der Waals surface area contributed by atoms with E-state index in [4.69, 9.17) is 16.1 Å². The number of amides is 1. The second kappa shape index (κ2) is 7.96. The fraction of sp³-hybridized carbons (Fsp3) is 0.250. The number of halogens is 1. The van der Waals surface area contributed by atoms with Crippen molar-refractivity contribution in [1.82, 2.24) is 10.1 Å². The lowest BCUT2D eigenvalue weighted by molar-refractivity contribution is -0.118. The number of carbonyl (C=O) groups is 1. The van der Waals surface area contributed by atoms with Gasteiger partial charge in [-0.25, -0.2) is 8.42 Å². The standard InChI is InChI=1S/C20H18ClN3O4S/c21-15-5-7-16(8-6-15)29(26,27)13-18-22-19(28-23-18)9-10-20(25)24-12-11-14-3-1-2-4-17(14)24/h1-8H,9-13H2. The number of hydrogen-bond donors (Lipinski definition) is 0. The Morgan fingerprint density at radius 1 is 1.14 bits per heavy atom. The van der Waals surface area contributed by atoms with E-state index in [0.29, 0.717) is 11.6 Å². The first-order valence-electron chi connectivity index (χ1n) is 9.10. The van der Waals surface area contributed by atoms with Gasteiger partial charge in [0.25, 0.3) is 0 Å². The van der Waals surface area contributed by atoms with Crippen LogP contribution in [-0.2, 0) is 33.2 Å². The summed E-state index contributed by atoms with van der Waals surface area (Å²) in [5.41, 5.74) is 2.10. The lowest BCUT2D eigenvalue weighted by Gasteiger charge is -2.16. The molecule has 1 aliphatic rings. The molecule has 0 radical (unpaired) electrons. The molecular weight excluding hydrogens is 414 g/mol. The van der Waals surface area contributed by atoms with Crippen molar-refractivity contribution in [1.29, 1.82) is 0 Å². The zero-order valence-corrected chi connectivity index (χ0v) is 17.0. The summed E-state index contributed by atoms with van der Waals surface area (Å²) >= 11 is 5.80. The maximum atomic E-state index is 12.6. The number of fused-ring (bicyclic) bond motifs is 1. The zero-order valence-electron chi connectivity index (χ0n) is 15.4. The number of aryl methyl sites for hydroxylation is 1. The summed E-state index contributed by atoms with van der Waals surface area (Å²) < 4.78 is 30.0.